The summed E-state index contributed by atoms with van der Waals surface area (Å²) in [5.41, 5.74) is -0.964. The van der Waals surface area contributed by atoms with Gasteiger partial charge in [-0.05, 0) is 25.7 Å². The highest BCUT2D eigenvalue weighted by Crippen LogP contribution is 2.24. The number of hydrogen-bond donors (Lipinski definition) is 2. The summed E-state index contributed by atoms with van der Waals surface area (Å²) in [5.74, 6) is 0.193. The lowest BCUT2D eigenvalue weighted by Crippen LogP contribution is -2.37. The molecule has 88 valence electrons. The third kappa shape index (κ3) is 4.73. The third-order valence-electron chi connectivity index (χ3n) is 2.86. The zero-order valence-corrected chi connectivity index (χ0v) is 9.07. The van der Waals surface area contributed by atoms with Gasteiger partial charge in [0.15, 0.2) is 0 Å². The third-order valence-corrected chi connectivity index (χ3v) is 2.86. The van der Waals surface area contributed by atoms with Gasteiger partial charge in [-0.1, -0.05) is 0 Å². The van der Waals surface area contributed by atoms with Crippen LogP contribution in [0.3, 0.4) is 0 Å². The predicted octanol–water partition coefficient (Wildman–Crippen LogP) is 0.650. The molecule has 0 amide bonds. The zero-order chi connectivity index (χ0) is 11.1. The van der Waals surface area contributed by atoms with Crippen molar-refractivity contribution in [3.8, 4) is 0 Å². The molecule has 2 fully saturated rings. The Morgan fingerprint density at radius 1 is 1.20 bits per heavy atom. The summed E-state index contributed by atoms with van der Waals surface area (Å²) in [6.45, 7) is 1.78. The smallest absolute Gasteiger partial charge is 0.133 e. The van der Waals surface area contributed by atoms with Gasteiger partial charge in [0.05, 0.1) is 12.2 Å². The maximum absolute atomic E-state index is 10.7. The number of carbonyl (C=O) groups is 1. The van der Waals surface area contributed by atoms with E-state index in [1.807, 2.05) is 0 Å². The van der Waals surface area contributed by atoms with Crippen LogP contribution in [-0.2, 0) is 9.53 Å². The highest BCUT2D eigenvalue weighted by atomic mass is 16.5. The molecule has 0 radical (unpaired) electrons. The first-order valence-electron chi connectivity index (χ1n) is 5.59. The van der Waals surface area contributed by atoms with Crippen LogP contribution in [0.1, 0.15) is 38.5 Å². The lowest BCUT2D eigenvalue weighted by molar-refractivity contribution is -0.127. The fraction of sp³-hybridized carbons (Fsp3) is 0.909. The van der Waals surface area contributed by atoms with Crippen molar-refractivity contribution in [3.63, 3.8) is 0 Å². The minimum absolute atomic E-state index is 0.193. The molecular weight excluding hydrogens is 196 g/mol. The van der Waals surface area contributed by atoms with Gasteiger partial charge in [-0.15, -0.1) is 0 Å². The minimum atomic E-state index is -0.964. The first-order valence-corrected chi connectivity index (χ1v) is 5.59. The summed E-state index contributed by atoms with van der Waals surface area (Å²) in [7, 11) is 0. The SMILES string of the molecule is C1CCOC1.O=C1CCC(O)(CO)CC1. The number of aliphatic hydroxyl groups is 2. The quantitative estimate of drug-likeness (QED) is 0.675. The molecular formula is C11H20O4. The highest BCUT2D eigenvalue weighted by Gasteiger charge is 2.31. The van der Waals surface area contributed by atoms with Crippen LogP contribution in [0.5, 0.6) is 0 Å². The molecule has 0 bridgehead atoms. The van der Waals surface area contributed by atoms with E-state index in [1.54, 1.807) is 0 Å². The molecule has 1 aliphatic heterocycles. The van der Waals surface area contributed by atoms with Gasteiger partial charge in [0, 0.05) is 26.1 Å². The van der Waals surface area contributed by atoms with Crippen molar-refractivity contribution < 1.29 is 19.7 Å². The standard InChI is InChI=1S/C7H12O3.C4H8O/c8-5-7(10)3-1-6(9)2-4-7;1-2-4-5-3-1/h8,10H,1-5H2;1-4H2. The first kappa shape index (κ1) is 12.6. The summed E-state index contributed by atoms with van der Waals surface area (Å²) in [6.07, 6.45) is 4.22. The molecule has 1 heterocycles. The number of carbonyl (C=O) groups excluding carboxylic acids is 1. The monoisotopic (exact) mass is 216 g/mol. The summed E-state index contributed by atoms with van der Waals surface area (Å²) >= 11 is 0. The van der Waals surface area contributed by atoms with Gasteiger partial charge in [-0.2, -0.15) is 0 Å². The lowest BCUT2D eigenvalue weighted by Gasteiger charge is -2.28. The van der Waals surface area contributed by atoms with Crippen molar-refractivity contribution in [2.75, 3.05) is 19.8 Å². The van der Waals surface area contributed by atoms with Gasteiger partial charge in [0.2, 0.25) is 0 Å². The second-order valence-corrected chi connectivity index (χ2v) is 4.24. The molecule has 0 spiro atoms. The zero-order valence-electron chi connectivity index (χ0n) is 9.07. The highest BCUT2D eigenvalue weighted by molar-refractivity contribution is 5.79. The maximum atomic E-state index is 10.7. The summed E-state index contributed by atoms with van der Waals surface area (Å²) in [5, 5.41) is 18.1. The van der Waals surface area contributed by atoms with Gasteiger partial charge in [0.1, 0.15) is 5.78 Å². The number of ether oxygens (including phenoxy) is 1. The number of ketones is 1. The Morgan fingerprint density at radius 3 is 2.07 bits per heavy atom. The molecule has 0 aromatic carbocycles. The lowest BCUT2D eigenvalue weighted by atomic mass is 9.85. The maximum Gasteiger partial charge on any atom is 0.133 e. The average Bonchev–Trinajstić information content (AvgIpc) is 2.81. The topological polar surface area (TPSA) is 66.8 Å². The van der Waals surface area contributed by atoms with Gasteiger partial charge >= 0.3 is 0 Å². The molecule has 2 aliphatic rings. The van der Waals surface area contributed by atoms with E-state index in [1.165, 1.54) is 12.8 Å². The Kier molecular flexibility index (Phi) is 5.22. The molecule has 1 aliphatic carbocycles. The van der Waals surface area contributed by atoms with Gasteiger partial charge in [-0.25, -0.2) is 0 Å². The van der Waals surface area contributed by atoms with E-state index in [9.17, 15) is 9.90 Å². The molecule has 0 aromatic heterocycles. The van der Waals surface area contributed by atoms with E-state index in [-0.39, 0.29) is 12.4 Å². The van der Waals surface area contributed by atoms with Crippen molar-refractivity contribution in [2.45, 2.75) is 44.1 Å². The van der Waals surface area contributed by atoms with Crippen molar-refractivity contribution in [2.24, 2.45) is 0 Å². The molecule has 4 nitrogen and oxygen atoms in total. The Labute approximate surface area is 90.2 Å². The second-order valence-electron chi connectivity index (χ2n) is 4.24. The average molecular weight is 216 g/mol. The largest absolute Gasteiger partial charge is 0.393 e. The van der Waals surface area contributed by atoms with Crippen LogP contribution < -0.4 is 0 Å². The van der Waals surface area contributed by atoms with Crippen LogP contribution in [0.2, 0.25) is 0 Å². The van der Waals surface area contributed by atoms with Crippen molar-refractivity contribution in [1.29, 1.82) is 0 Å². The molecule has 2 N–H and O–H groups in total. The molecule has 1 saturated heterocycles. The number of hydrogen-bond acceptors (Lipinski definition) is 4. The van der Waals surface area contributed by atoms with E-state index < -0.39 is 5.60 Å². The van der Waals surface area contributed by atoms with E-state index in [0.29, 0.717) is 25.7 Å². The predicted molar refractivity (Wildman–Crippen MR) is 55.6 cm³/mol. The van der Waals surface area contributed by atoms with Crippen LogP contribution in [0.25, 0.3) is 0 Å². The van der Waals surface area contributed by atoms with E-state index in [0.717, 1.165) is 13.2 Å². The van der Waals surface area contributed by atoms with Crippen molar-refractivity contribution in [3.05, 3.63) is 0 Å². The normalized spacial score (nSPS) is 24.5. The molecule has 2 rings (SSSR count). The Balaban J connectivity index is 0.000000187. The fourth-order valence-electron chi connectivity index (χ4n) is 1.66. The molecule has 4 heteroatoms. The molecule has 0 aromatic rings. The van der Waals surface area contributed by atoms with E-state index in [4.69, 9.17) is 9.84 Å². The van der Waals surface area contributed by atoms with Crippen LogP contribution in [0, 0.1) is 0 Å². The van der Waals surface area contributed by atoms with Crippen LogP contribution in [0.4, 0.5) is 0 Å². The minimum Gasteiger partial charge on any atom is -0.393 e. The van der Waals surface area contributed by atoms with Crippen LogP contribution >= 0.6 is 0 Å². The second kappa shape index (κ2) is 6.20. The first-order chi connectivity index (χ1) is 7.16. The molecule has 0 unspecified atom stereocenters. The Hall–Kier alpha value is -0.450. The van der Waals surface area contributed by atoms with Gasteiger partial charge in [-0.3, -0.25) is 4.79 Å². The summed E-state index contributed by atoms with van der Waals surface area (Å²) < 4.78 is 4.94. The fourth-order valence-corrected chi connectivity index (χ4v) is 1.66. The number of rotatable bonds is 1. The summed E-state index contributed by atoms with van der Waals surface area (Å²) in [6, 6.07) is 0. The van der Waals surface area contributed by atoms with Crippen LogP contribution in [0.15, 0.2) is 0 Å². The Morgan fingerprint density at radius 2 is 1.73 bits per heavy atom. The van der Waals surface area contributed by atoms with Crippen LogP contribution in [-0.4, -0.2) is 41.4 Å². The summed E-state index contributed by atoms with van der Waals surface area (Å²) in [4.78, 5) is 10.7. The van der Waals surface area contributed by atoms with E-state index >= 15 is 0 Å². The van der Waals surface area contributed by atoms with Gasteiger partial charge in [0.25, 0.3) is 0 Å². The van der Waals surface area contributed by atoms with Gasteiger partial charge < -0.3 is 14.9 Å². The molecule has 1 saturated carbocycles. The Bertz CT molecular complexity index is 181. The van der Waals surface area contributed by atoms with E-state index in [2.05, 4.69) is 0 Å². The number of Topliss-reactive ketones (excluding diaryl/α,β-unsaturated/α-hetero) is 1. The van der Waals surface area contributed by atoms with Crippen molar-refractivity contribution >= 4 is 5.78 Å². The number of aliphatic hydroxyl groups excluding tert-OH is 1. The molecule has 15 heavy (non-hydrogen) atoms. The van der Waals surface area contributed by atoms with Crippen molar-refractivity contribution in [1.82, 2.24) is 0 Å². The molecule has 0 atom stereocenters.